The first-order chi connectivity index (χ1) is 11.7. The molecule has 0 saturated carbocycles. The second kappa shape index (κ2) is 6.55. The van der Waals surface area contributed by atoms with Crippen LogP contribution in [0.4, 0.5) is 5.82 Å². The van der Waals surface area contributed by atoms with Gasteiger partial charge in [0.2, 0.25) is 0 Å². The zero-order valence-electron chi connectivity index (χ0n) is 13.9. The summed E-state index contributed by atoms with van der Waals surface area (Å²) in [5.41, 5.74) is 12.6. The minimum atomic E-state index is 0.307. The normalized spacial score (nSPS) is 10.4. The topological polar surface area (TPSA) is 62.7 Å². The molecule has 0 fully saturated rings. The Morgan fingerprint density at radius 3 is 2.12 bits per heavy atom. The second-order valence-corrected chi connectivity index (χ2v) is 5.73. The van der Waals surface area contributed by atoms with E-state index in [1.807, 2.05) is 44.2 Å². The molecule has 0 aliphatic rings. The number of nitrogens with zero attached hydrogens (tertiary/aromatic N) is 2. The van der Waals surface area contributed by atoms with Gasteiger partial charge in [-0.25, -0.2) is 4.98 Å². The van der Waals surface area contributed by atoms with Crippen molar-refractivity contribution >= 4 is 5.82 Å². The van der Waals surface area contributed by atoms with E-state index in [1.54, 1.807) is 0 Å². The lowest BCUT2D eigenvalue weighted by Crippen LogP contribution is -2.04. The van der Waals surface area contributed by atoms with Crippen LogP contribution in [0.15, 0.2) is 54.6 Å². The first-order valence-electron chi connectivity index (χ1n) is 8.00. The molecule has 0 saturated heterocycles. The van der Waals surface area contributed by atoms with Gasteiger partial charge in [0.1, 0.15) is 17.5 Å². The predicted molar refractivity (Wildman–Crippen MR) is 98.4 cm³/mol. The summed E-state index contributed by atoms with van der Waals surface area (Å²) in [5.74, 6) is 0.307. The molecular weight excluding hydrogens is 294 g/mol. The lowest BCUT2D eigenvalue weighted by molar-refractivity contribution is 1.01. The summed E-state index contributed by atoms with van der Waals surface area (Å²) >= 11 is 0. The van der Waals surface area contributed by atoms with Gasteiger partial charge in [0.05, 0.1) is 0 Å². The van der Waals surface area contributed by atoms with Gasteiger partial charge in [-0.3, -0.25) is 0 Å². The fourth-order valence-electron chi connectivity index (χ4n) is 3.02. The van der Waals surface area contributed by atoms with E-state index in [2.05, 4.69) is 35.3 Å². The number of hydrogen-bond donors (Lipinski definition) is 1. The van der Waals surface area contributed by atoms with Crippen LogP contribution >= 0.6 is 0 Å². The number of nitrogen functional groups attached to an aromatic ring is 1. The van der Waals surface area contributed by atoms with Crippen molar-refractivity contribution in [3.8, 4) is 28.3 Å². The summed E-state index contributed by atoms with van der Waals surface area (Å²) in [6, 6.07) is 20.7. The smallest absolute Gasteiger partial charge is 0.142 e. The Kier molecular flexibility index (Phi) is 4.31. The average molecular weight is 313 g/mol. The minimum absolute atomic E-state index is 0.307. The molecule has 1 heterocycles. The summed E-state index contributed by atoms with van der Waals surface area (Å²) in [4.78, 5) is 4.37. The fraction of sp³-hybridized carbons (Fsp3) is 0.143. The van der Waals surface area contributed by atoms with Gasteiger partial charge in [-0.2, -0.15) is 5.26 Å². The van der Waals surface area contributed by atoms with Crippen LogP contribution in [0, 0.1) is 18.3 Å². The molecule has 118 valence electrons. The maximum Gasteiger partial charge on any atom is 0.142 e. The molecule has 0 aliphatic carbocycles. The number of benzene rings is 2. The van der Waals surface area contributed by atoms with E-state index < -0.39 is 0 Å². The Morgan fingerprint density at radius 2 is 1.54 bits per heavy atom. The molecule has 3 nitrogen and oxygen atoms in total. The summed E-state index contributed by atoms with van der Waals surface area (Å²) in [6.45, 7) is 4.05. The standard InChI is InChI=1S/C21H19N3/c1-3-19-14(2)20(18(13-22)21(23)24-19)17-11-9-16(10-12-17)15-7-5-4-6-8-15/h4-12H,3H2,1-2H3,(H2,23,24). The van der Waals surface area contributed by atoms with Crippen molar-refractivity contribution in [3.05, 3.63) is 71.4 Å². The fourth-order valence-corrected chi connectivity index (χ4v) is 3.02. The molecule has 0 amide bonds. The highest BCUT2D eigenvalue weighted by molar-refractivity contribution is 5.80. The van der Waals surface area contributed by atoms with Crippen LogP contribution in [0.5, 0.6) is 0 Å². The predicted octanol–water partition coefficient (Wildman–Crippen LogP) is 4.74. The van der Waals surface area contributed by atoms with Gasteiger partial charge < -0.3 is 5.73 Å². The van der Waals surface area contributed by atoms with E-state index in [0.717, 1.165) is 34.4 Å². The largest absolute Gasteiger partial charge is 0.383 e. The Balaban J connectivity index is 2.13. The first kappa shape index (κ1) is 15.8. The van der Waals surface area contributed by atoms with E-state index in [-0.39, 0.29) is 0 Å². The monoisotopic (exact) mass is 313 g/mol. The zero-order chi connectivity index (χ0) is 17.1. The Morgan fingerprint density at radius 1 is 0.958 bits per heavy atom. The number of nitriles is 1. The summed E-state index contributed by atoms with van der Waals surface area (Å²) in [5, 5.41) is 9.51. The van der Waals surface area contributed by atoms with Gasteiger partial charge in [-0.1, -0.05) is 61.5 Å². The number of anilines is 1. The van der Waals surface area contributed by atoms with E-state index >= 15 is 0 Å². The van der Waals surface area contributed by atoms with Crippen LogP contribution in [-0.2, 0) is 6.42 Å². The Bertz CT molecular complexity index is 904. The van der Waals surface area contributed by atoms with Gasteiger partial charge in [0.25, 0.3) is 0 Å². The number of aryl methyl sites for hydroxylation is 1. The molecule has 3 heteroatoms. The Labute approximate surface area is 142 Å². The highest BCUT2D eigenvalue weighted by atomic mass is 14.8. The number of pyridine rings is 1. The molecule has 0 radical (unpaired) electrons. The molecule has 0 bridgehead atoms. The molecular formula is C21H19N3. The van der Waals surface area contributed by atoms with Gasteiger partial charge in [-0.15, -0.1) is 0 Å². The van der Waals surface area contributed by atoms with Crippen molar-refractivity contribution < 1.29 is 0 Å². The molecule has 0 aliphatic heterocycles. The third kappa shape index (κ3) is 2.75. The highest BCUT2D eigenvalue weighted by Crippen LogP contribution is 2.33. The summed E-state index contributed by atoms with van der Waals surface area (Å²) in [6.07, 6.45) is 0.789. The zero-order valence-corrected chi connectivity index (χ0v) is 13.9. The minimum Gasteiger partial charge on any atom is -0.383 e. The highest BCUT2D eigenvalue weighted by Gasteiger charge is 2.16. The van der Waals surface area contributed by atoms with Gasteiger partial charge in [0, 0.05) is 11.3 Å². The van der Waals surface area contributed by atoms with E-state index in [1.165, 1.54) is 5.56 Å². The second-order valence-electron chi connectivity index (χ2n) is 5.73. The van der Waals surface area contributed by atoms with E-state index in [0.29, 0.717) is 11.4 Å². The van der Waals surface area contributed by atoms with E-state index in [4.69, 9.17) is 5.73 Å². The van der Waals surface area contributed by atoms with Crippen LogP contribution in [0.1, 0.15) is 23.7 Å². The summed E-state index contributed by atoms with van der Waals surface area (Å²) < 4.78 is 0. The van der Waals surface area contributed by atoms with Gasteiger partial charge in [-0.05, 0) is 35.6 Å². The Hall–Kier alpha value is -3.12. The van der Waals surface area contributed by atoms with Crippen LogP contribution in [0.2, 0.25) is 0 Å². The summed E-state index contributed by atoms with van der Waals surface area (Å²) in [7, 11) is 0. The number of hydrogen-bond acceptors (Lipinski definition) is 3. The van der Waals surface area contributed by atoms with Gasteiger partial charge >= 0.3 is 0 Å². The molecule has 3 aromatic rings. The molecule has 0 unspecified atom stereocenters. The lowest BCUT2D eigenvalue weighted by Gasteiger charge is -2.14. The van der Waals surface area contributed by atoms with Crippen molar-refractivity contribution in [1.29, 1.82) is 5.26 Å². The van der Waals surface area contributed by atoms with Crippen molar-refractivity contribution in [3.63, 3.8) is 0 Å². The van der Waals surface area contributed by atoms with Crippen LogP contribution < -0.4 is 5.73 Å². The number of rotatable bonds is 3. The third-order valence-electron chi connectivity index (χ3n) is 4.30. The quantitative estimate of drug-likeness (QED) is 0.759. The maximum atomic E-state index is 9.51. The molecule has 1 aromatic heterocycles. The van der Waals surface area contributed by atoms with Gasteiger partial charge in [0.15, 0.2) is 0 Å². The van der Waals surface area contributed by atoms with Crippen molar-refractivity contribution in [1.82, 2.24) is 4.98 Å². The molecule has 24 heavy (non-hydrogen) atoms. The molecule has 0 spiro atoms. The third-order valence-corrected chi connectivity index (χ3v) is 4.30. The number of aromatic nitrogens is 1. The van der Waals surface area contributed by atoms with Crippen molar-refractivity contribution in [2.75, 3.05) is 5.73 Å². The average Bonchev–Trinajstić information content (AvgIpc) is 2.64. The lowest BCUT2D eigenvalue weighted by atomic mass is 9.93. The van der Waals surface area contributed by atoms with Crippen molar-refractivity contribution in [2.24, 2.45) is 0 Å². The molecule has 2 aromatic carbocycles. The number of nitrogens with two attached hydrogens (primary N) is 1. The molecule has 2 N–H and O–H groups in total. The van der Waals surface area contributed by atoms with E-state index in [9.17, 15) is 5.26 Å². The van der Waals surface area contributed by atoms with Crippen molar-refractivity contribution in [2.45, 2.75) is 20.3 Å². The van der Waals surface area contributed by atoms with Crippen LogP contribution in [0.3, 0.4) is 0 Å². The van der Waals surface area contributed by atoms with Crippen LogP contribution in [-0.4, -0.2) is 4.98 Å². The maximum absolute atomic E-state index is 9.51. The first-order valence-corrected chi connectivity index (χ1v) is 8.00. The molecule has 0 atom stereocenters. The SMILES string of the molecule is CCc1nc(N)c(C#N)c(-c2ccc(-c3ccccc3)cc2)c1C. The van der Waals surface area contributed by atoms with Crippen LogP contribution in [0.25, 0.3) is 22.3 Å². The molecule has 3 rings (SSSR count).